The molecule has 2 aromatic rings. The molecular weight excluding hydrogens is 234 g/mol. The molecule has 100 valence electrons. The average Bonchev–Trinajstić information content (AvgIpc) is 2.35. The quantitative estimate of drug-likeness (QED) is 0.907. The van der Waals surface area contributed by atoms with E-state index < -0.39 is 0 Å². The van der Waals surface area contributed by atoms with E-state index in [1.165, 1.54) is 16.7 Å². The zero-order chi connectivity index (χ0) is 13.8. The molecule has 0 aliphatic rings. The van der Waals surface area contributed by atoms with E-state index in [0.717, 1.165) is 17.9 Å². The first-order valence-corrected chi connectivity index (χ1v) is 6.48. The van der Waals surface area contributed by atoms with Crippen LogP contribution in [0.3, 0.4) is 0 Å². The molecule has 3 heteroatoms. The van der Waals surface area contributed by atoms with Crippen LogP contribution in [0.25, 0.3) is 0 Å². The van der Waals surface area contributed by atoms with Gasteiger partial charge in [0.25, 0.3) is 0 Å². The van der Waals surface area contributed by atoms with E-state index >= 15 is 0 Å². The van der Waals surface area contributed by atoms with Crippen molar-refractivity contribution in [3.63, 3.8) is 0 Å². The summed E-state index contributed by atoms with van der Waals surface area (Å²) in [5.74, 6) is 0. The van der Waals surface area contributed by atoms with Crippen molar-refractivity contribution in [1.29, 1.82) is 0 Å². The minimum absolute atomic E-state index is 0.815. The second-order valence-corrected chi connectivity index (χ2v) is 5.14. The summed E-state index contributed by atoms with van der Waals surface area (Å²) in [6.45, 7) is 5.08. The lowest BCUT2D eigenvalue weighted by Crippen LogP contribution is -2.12. The van der Waals surface area contributed by atoms with Crippen molar-refractivity contribution in [2.45, 2.75) is 20.4 Å². The smallest absolute Gasteiger partial charge is 0.0766 e. The summed E-state index contributed by atoms with van der Waals surface area (Å²) in [6, 6.07) is 8.64. The van der Waals surface area contributed by atoms with Gasteiger partial charge in [-0.05, 0) is 25.5 Å². The first-order valence-electron chi connectivity index (χ1n) is 6.48. The summed E-state index contributed by atoms with van der Waals surface area (Å²) in [5.41, 5.74) is 6.11. The van der Waals surface area contributed by atoms with Gasteiger partial charge in [0.2, 0.25) is 0 Å². The van der Waals surface area contributed by atoms with Crippen molar-refractivity contribution in [3.8, 4) is 0 Å². The fourth-order valence-corrected chi connectivity index (χ4v) is 2.28. The third kappa shape index (κ3) is 3.47. The minimum atomic E-state index is 0.815. The van der Waals surface area contributed by atoms with Gasteiger partial charge in [0, 0.05) is 26.8 Å². The molecule has 3 nitrogen and oxygen atoms in total. The Balaban J connectivity index is 2.14. The molecule has 0 radical (unpaired) electrons. The largest absolute Gasteiger partial charge is 0.378 e. The summed E-state index contributed by atoms with van der Waals surface area (Å²) in [7, 11) is 4.08. The minimum Gasteiger partial charge on any atom is -0.378 e. The third-order valence-corrected chi connectivity index (χ3v) is 3.04. The predicted octanol–water partition coefficient (Wildman–Crippen LogP) is 3.38. The van der Waals surface area contributed by atoms with Crippen molar-refractivity contribution < 1.29 is 0 Å². The molecule has 0 aliphatic carbocycles. The second-order valence-electron chi connectivity index (χ2n) is 5.14. The highest BCUT2D eigenvalue weighted by molar-refractivity contribution is 5.68. The van der Waals surface area contributed by atoms with Gasteiger partial charge < -0.3 is 10.2 Å². The first-order chi connectivity index (χ1) is 9.06. The number of nitrogens with zero attached hydrogens (tertiary/aromatic N) is 2. The van der Waals surface area contributed by atoms with Gasteiger partial charge >= 0.3 is 0 Å². The zero-order valence-corrected chi connectivity index (χ0v) is 12.1. The summed E-state index contributed by atoms with van der Waals surface area (Å²) in [6.07, 6.45) is 3.69. The van der Waals surface area contributed by atoms with Gasteiger partial charge in [0.15, 0.2) is 0 Å². The maximum atomic E-state index is 4.19. The SMILES string of the molecule is Cc1cc(C)cc(CNc2cnccc2N(C)C)c1. The number of nitrogens with one attached hydrogen (secondary N) is 1. The van der Waals surface area contributed by atoms with Gasteiger partial charge in [-0.3, -0.25) is 4.98 Å². The van der Waals surface area contributed by atoms with Gasteiger partial charge in [0.05, 0.1) is 17.6 Å². The fourth-order valence-electron chi connectivity index (χ4n) is 2.28. The first kappa shape index (κ1) is 13.4. The lowest BCUT2D eigenvalue weighted by molar-refractivity contribution is 1.08. The summed E-state index contributed by atoms with van der Waals surface area (Å²) in [5, 5.41) is 3.46. The topological polar surface area (TPSA) is 28.2 Å². The Kier molecular flexibility index (Phi) is 4.05. The van der Waals surface area contributed by atoms with Crippen LogP contribution in [0.2, 0.25) is 0 Å². The Labute approximate surface area is 115 Å². The highest BCUT2D eigenvalue weighted by Crippen LogP contribution is 2.23. The molecule has 2 rings (SSSR count). The molecule has 0 fully saturated rings. The van der Waals surface area contributed by atoms with Crippen LogP contribution in [-0.4, -0.2) is 19.1 Å². The summed E-state index contributed by atoms with van der Waals surface area (Å²) < 4.78 is 0. The van der Waals surface area contributed by atoms with Gasteiger partial charge in [-0.2, -0.15) is 0 Å². The van der Waals surface area contributed by atoms with Crippen LogP contribution in [0.1, 0.15) is 16.7 Å². The molecule has 0 bridgehead atoms. The van der Waals surface area contributed by atoms with E-state index in [-0.39, 0.29) is 0 Å². The molecule has 0 amide bonds. The molecule has 0 saturated heterocycles. The summed E-state index contributed by atoms with van der Waals surface area (Å²) >= 11 is 0. The van der Waals surface area contributed by atoms with Crippen molar-refractivity contribution >= 4 is 11.4 Å². The van der Waals surface area contributed by atoms with Gasteiger partial charge in [-0.15, -0.1) is 0 Å². The highest BCUT2D eigenvalue weighted by Gasteiger charge is 2.04. The number of aromatic nitrogens is 1. The van der Waals surface area contributed by atoms with Gasteiger partial charge in [-0.25, -0.2) is 0 Å². The Morgan fingerprint density at radius 3 is 2.42 bits per heavy atom. The van der Waals surface area contributed by atoms with E-state index in [0.29, 0.717) is 0 Å². The van der Waals surface area contributed by atoms with Crippen LogP contribution >= 0.6 is 0 Å². The molecule has 0 spiro atoms. The third-order valence-electron chi connectivity index (χ3n) is 3.04. The maximum absolute atomic E-state index is 4.19. The van der Waals surface area contributed by atoms with E-state index in [2.05, 4.69) is 47.2 Å². The molecule has 1 N–H and O–H groups in total. The van der Waals surface area contributed by atoms with Gasteiger partial charge in [-0.1, -0.05) is 29.3 Å². The monoisotopic (exact) mass is 255 g/mol. The maximum Gasteiger partial charge on any atom is 0.0766 e. The van der Waals surface area contributed by atoms with Crippen LogP contribution in [0.5, 0.6) is 0 Å². The molecule has 0 unspecified atom stereocenters. The zero-order valence-electron chi connectivity index (χ0n) is 12.1. The molecule has 0 atom stereocenters. The standard InChI is InChI=1S/C16H21N3/c1-12-7-13(2)9-14(8-12)10-18-15-11-17-6-5-16(15)19(3)4/h5-9,11,18H,10H2,1-4H3. The number of anilines is 2. The Morgan fingerprint density at radius 1 is 1.11 bits per heavy atom. The van der Waals surface area contributed by atoms with Crippen LogP contribution in [0.4, 0.5) is 11.4 Å². The van der Waals surface area contributed by atoms with Crippen LogP contribution in [0.15, 0.2) is 36.7 Å². The van der Waals surface area contributed by atoms with Gasteiger partial charge in [0.1, 0.15) is 0 Å². The predicted molar refractivity (Wildman–Crippen MR) is 81.8 cm³/mol. The molecule has 1 heterocycles. The van der Waals surface area contributed by atoms with E-state index in [1.54, 1.807) is 0 Å². The van der Waals surface area contributed by atoms with Crippen molar-refractivity contribution in [2.75, 3.05) is 24.3 Å². The lowest BCUT2D eigenvalue weighted by Gasteiger charge is -2.18. The van der Waals surface area contributed by atoms with Crippen molar-refractivity contribution in [3.05, 3.63) is 53.3 Å². The van der Waals surface area contributed by atoms with Crippen molar-refractivity contribution in [2.24, 2.45) is 0 Å². The van der Waals surface area contributed by atoms with E-state index in [1.807, 2.05) is 32.6 Å². The number of hydrogen-bond acceptors (Lipinski definition) is 3. The number of aryl methyl sites for hydroxylation is 2. The number of pyridine rings is 1. The number of rotatable bonds is 4. The second kappa shape index (κ2) is 5.74. The molecule has 19 heavy (non-hydrogen) atoms. The molecular formula is C16H21N3. The highest BCUT2D eigenvalue weighted by atomic mass is 15.1. The van der Waals surface area contributed by atoms with E-state index in [4.69, 9.17) is 0 Å². The molecule has 1 aromatic heterocycles. The van der Waals surface area contributed by atoms with Crippen LogP contribution in [-0.2, 0) is 6.54 Å². The Hall–Kier alpha value is -2.03. The Morgan fingerprint density at radius 2 is 1.79 bits per heavy atom. The van der Waals surface area contributed by atoms with Crippen LogP contribution < -0.4 is 10.2 Å². The number of hydrogen-bond donors (Lipinski definition) is 1. The Bertz CT molecular complexity index is 541. The normalized spacial score (nSPS) is 10.3. The molecule has 0 saturated carbocycles. The van der Waals surface area contributed by atoms with Crippen LogP contribution in [0, 0.1) is 13.8 Å². The summed E-state index contributed by atoms with van der Waals surface area (Å²) in [4.78, 5) is 6.27. The van der Waals surface area contributed by atoms with E-state index in [9.17, 15) is 0 Å². The lowest BCUT2D eigenvalue weighted by atomic mass is 10.1. The molecule has 1 aromatic carbocycles. The number of benzene rings is 1. The molecule has 0 aliphatic heterocycles. The average molecular weight is 255 g/mol. The fraction of sp³-hybridized carbons (Fsp3) is 0.312. The van der Waals surface area contributed by atoms with Crippen molar-refractivity contribution in [1.82, 2.24) is 4.98 Å².